The van der Waals surface area contributed by atoms with Crippen molar-refractivity contribution in [2.45, 2.75) is 71.5 Å². The summed E-state index contributed by atoms with van der Waals surface area (Å²) in [6.45, 7) is 7.73. The molecule has 2 atom stereocenters. The Kier molecular flexibility index (Phi) is 11.3. The first-order valence-electron chi connectivity index (χ1n) is 18.7. The molecule has 1 aliphatic rings. The number of nitrogens with one attached hydrogen (secondary N) is 3. The lowest BCUT2D eigenvalue weighted by Crippen LogP contribution is -2.38. The Labute approximate surface area is 318 Å². The van der Waals surface area contributed by atoms with Gasteiger partial charge in [-0.1, -0.05) is 24.3 Å². The van der Waals surface area contributed by atoms with E-state index < -0.39 is 17.5 Å². The van der Waals surface area contributed by atoms with Crippen molar-refractivity contribution in [3.8, 4) is 11.3 Å². The number of carbonyl (C=O) groups excluding carboxylic acids is 2. The van der Waals surface area contributed by atoms with Crippen LogP contribution in [0, 0.1) is 32.4 Å². The third kappa shape index (κ3) is 8.44. The smallest absolute Gasteiger partial charge is 0.267 e. The number of rotatable bonds is 12. The third-order valence-electron chi connectivity index (χ3n) is 10.5. The quantitative estimate of drug-likeness (QED) is 0.108. The zero-order valence-corrected chi connectivity index (χ0v) is 31.2. The second-order valence-corrected chi connectivity index (χ2v) is 14.2. The Hall–Kier alpha value is -5.88. The topological polar surface area (TPSA) is 129 Å². The fourth-order valence-corrected chi connectivity index (χ4v) is 7.66. The summed E-state index contributed by atoms with van der Waals surface area (Å²) in [6.07, 6.45) is 10.1. The van der Waals surface area contributed by atoms with E-state index in [9.17, 15) is 18.4 Å². The Morgan fingerprint density at radius 2 is 1.47 bits per heavy atom. The molecule has 4 aromatic heterocycles. The van der Waals surface area contributed by atoms with E-state index in [0.717, 1.165) is 84.9 Å². The number of carbonyl (C=O) groups is 2. The van der Waals surface area contributed by atoms with Crippen LogP contribution in [0.2, 0.25) is 0 Å². The summed E-state index contributed by atoms with van der Waals surface area (Å²) < 4.78 is 27.2. The maximum atomic E-state index is 13.6. The Morgan fingerprint density at radius 3 is 2.13 bits per heavy atom. The molecule has 0 unspecified atom stereocenters. The molecule has 1 aliphatic heterocycles. The molecule has 0 saturated carbocycles. The summed E-state index contributed by atoms with van der Waals surface area (Å²) >= 11 is 0. The summed E-state index contributed by atoms with van der Waals surface area (Å²) in [7, 11) is 0. The Bertz CT molecular complexity index is 2270. The van der Waals surface area contributed by atoms with Gasteiger partial charge in [-0.05, 0) is 118 Å². The number of H-pyrrole nitrogens is 1. The number of hydrogen-bond acceptors (Lipinski definition) is 7. The van der Waals surface area contributed by atoms with Crippen LogP contribution in [-0.2, 0) is 6.54 Å². The lowest BCUT2D eigenvalue weighted by atomic mass is 9.88. The van der Waals surface area contributed by atoms with Gasteiger partial charge in [0.05, 0.1) is 29.2 Å². The normalized spacial score (nSPS) is 15.9. The van der Waals surface area contributed by atoms with E-state index in [1.165, 1.54) is 17.5 Å². The molecule has 5 heterocycles. The minimum absolute atomic E-state index is 0.0884. The van der Waals surface area contributed by atoms with Gasteiger partial charge in [0, 0.05) is 48.1 Å². The van der Waals surface area contributed by atoms with Crippen LogP contribution in [0.25, 0.3) is 22.3 Å². The molecule has 1 fully saturated rings. The molecule has 0 aliphatic carbocycles. The van der Waals surface area contributed by atoms with Crippen molar-refractivity contribution < 1.29 is 18.4 Å². The number of fused-ring (bicyclic) bond motifs is 1. The molecule has 0 spiro atoms. The molecule has 10 nitrogen and oxygen atoms in total. The van der Waals surface area contributed by atoms with Gasteiger partial charge in [0.2, 0.25) is 0 Å². The molecule has 2 aromatic carbocycles. The first-order valence-corrected chi connectivity index (χ1v) is 18.7. The lowest BCUT2D eigenvalue weighted by Gasteiger charge is -2.42. The van der Waals surface area contributed by atoms with Gasteiger partial charge in [0.25, 0.3) is 11.8 Å². The predicted octanol–water partition coefficient (Wildman–Crippen LogP) is 8.03. The van der Waals surface area contributed by atoms with Gasteiger partial charge in [-0.25, -0.2) is 18.7 Å². The number of aromatic amines is 1. The first-order chi connectivity index (χ1) is 26.7. The number of piperidine rings is 1. The highest BCUT2D eigenvalue weighted by molar-refractivity contribution is 6.00. The van der Waals surface area contributed by atoms with Gasteiger partial charge in [-0.3, -0.25) is 24.5 Å². The first kappa shape index (κ1) is 37.4. The van der Waals surface area contributed by atoms with Crippen molar-refractivity contribution in [1.82, 2.24) is 40.5 Å². The van der Waals surface area contributed by atoms with E-state index in [0.29, 0.717) is 29.0 Å². The fourth-order valence-electron chi connectivity index (χ4n) is 7.66. The minimum atomic E-state index is -0.813. The molecule has 2 amide bonds. The van der Waals surface area contributed by atoms with Crippen LogP contribution in [0.5, 0.6) is 0 Å². The zero-order chi connectivity index (χ0) is 38.5. The standard InChI is InChI=1S/C43H44F2N8O2/c1-26-9-7-16-46-38(26)36-11-6-12-37(39-27(2)10-8-17-47-39)53(36)18-5-4-15-48-43(55)35-23-34-40(50-25-51-41(34)52-35)29-13-14-30(28(3)19-29)24-49-42(54)31-20-32(44)22-33(45)21-31/h7-10,13-14,16-17,19-23,25,36-37H,4-6,11-12,15,18,24H2,1-3H3,(H,48,55)(H,49,54)(H,50,51,52)/t36-,37+. The van der Waals surface area contributed by atoms with E-state index >= 15 is 0 Å². The molecule has 6 aromatic rings. The highest BCUT2D eigenvalue weighted by Crippen LogP contribution is 2.42. The molecular weight excluding hydrogens is 699 g/mol. The van der Waals surface area contributed by atoms with Crippen LogP contribution in [-0.4, -0.2) is 54.7 Å². The highest BCUT2D eigenvalue weighted by Gasteiger charge is 2.35. The second-order valence-electron chi connectivity index (χ2n) is 14.2. The number of unbranched alkanes of at least 4 members (excludes halogenated alkanes) is 1. The van der Waals surface area contributed by atoms with Gasteiger partial charge < -0.3 is 15.6 Å². The molecule has 0 bridgehead atoms. The van der Waals surface area contributed by atoms with E-state index in [4.69, 9.17) is 9.97 Å². The number of likely N-dealkylation sites (tertiary alicyclic amines) is 1. The summed E-state index contributed by atoms with van der Waals surface area (Å²) in [5, 5.41) is 6.51. The van der Waals surface area contributed by atoms with Gasteiger partial charge >= 0.3 is 0 Å². The second kappa shape index (κ2) is 16.6. The van der Waals surface area contributed by atoms with Crippen molar-refractivity contribution in [2.24, 2.45) is 0 Å². The van der Waals surface area contributed by atoms with E-state index in [1.807, 2.05) is 49.6 Å². The summed E-state index contributed by atoms with van der Waals surface area (Å²) in [4.78, 5) is 50.1. The van der Waals surface area contributed by atoms with Crippen LogP contribution in [0.3, 0.4) is 0 Å². The number of pyridine rings is 2. The van der Waals surface area contributed by atoms with Crippen molar-refractivity contribution >= 4 is 22.8 Å². The van der Waals surface area contributed by atoms with E-state index in [-0.39, 0.29) is 30.1 Å². The van der Waals surface area contributed by atoms with Gasteiger partial charge in [-0.15, -0.1) is 0 Å². The molecule has 7 rings (SSSR count). The average molecular weight is 743 g/mol. The number of hydrogen-bond donors (Lipinski definition) is 3. The molecule has 55 heavy (non-hydrogen) atoms. The van der Waals surface area contributed by atoms with Gasteiger partial charge in [-0.2, -0.15) is 0 Å². The Balaban J connectivity index is 0.981. The minimum Gasteiger partial charge on any atom is -0.351 e. The van der Waals surface area contributed by atoms with E-state index in [1.54, 1.807) is 6.07 Å². The van der Waals surface area contributed by atoms with Gasteiger partial charge in [0.1, 0.15) is 29.3 Å². The van der Waals surface area contributed by atoms with Crippen LogP contribution in [0.15, 0.2) is 85.5 Å². The molecule has 0 radical (unpaired) electrons. The van der Waals surface area contributed by atoms with E-state index in [2.05, 4.69) is 56.5 Å². The SMILES string of the molecule is Cc1cc(-c2ncnc3[nH]c(C(=O)NCCCCN4[C@@H](c5ncccc5C)CCC[C@H]4c4ncccc4C)cc23)ccc1CNC(=O)c1cc(F)cc(F)c1. The zero-order valence-electron chi connectivity index (χ0n) is 31.2. The largest absolute Gasteiger partial charge is 0.351 e. The van der Waals surface area contributed by atoms with Crippen LogP contribution in [0.4, 0.5) is 8.78 Å². The summed E-state index contributed by atoms with van der Waals surface area (Å²) in [5.74, 6) is -2.42. The number of aromatic nitrogens is 5. The maximum Gasteiger partial charge on any atom is 0.267 e. The number of halogens is 2. The molecule has 12 heteroatoms. The summed E-state index contributed by atoms with van der Waals surface area (Å²) in [6, 6.07) is 18.8. The van der Waals surface area contributed by atoms with Crippen molar-refractivity contribution in [3.05, 3.63) is 142 Å². The maximum absolute atomic E-state index is 13.6. The lowest BCUT2D eigenvalue weighted by molar-refractivity contribution is 0.0740. The average Bonchev–Trinajstić information content (AvgIpc) is 3.62. The van der Waals surface area contributed by atoms with Gasteiger partial charge in [0.15, 0.2) is 0 Å². The predicted molar refractivity (Wildman–Crippen MR) is 207 cm³/mol. The van der Waals surface area contributed by atoms with Crippen LogP contribution < -0.4 is 10.6 Å². The number of benzene rings is 2. The number of nitrogens with zero attached hydrogens (tertiary/aromatic N) is 5. The van der Waals surface area contributed by atoms with Crippen LogP contribution >= 0.6 is 0 Å². The molecule has 3 N–H and O–H groups in total. The Morgan fingerprint density at radius 1 is 0.782 bits per heavy atom. The molecular formula is C43H44F2N8O2. The molecule has 282 valence electrons. The van der Waals surface area contributed by atoms with Crippen molar-refractivity contribution in [3.63, 3.8) is 0 Å². The third-order valence-corrected chi connectivity index (χ3v) is 10.5. The highest BCUT2D eigenvalue weighted by atomic mass is 19.1. The monoisotopic (exact) mass is 742 g/mol. The van der Waals surface area contributed by atoms with Crippen molar-refractivity contribution in [1.29, 1.82) is 0 Å². The number of amides is 2. The van der Waals surface area contributed by atoms with Crippen LogP contribution in [0.1, 0.15) is 98.7 Å². The number of aryl methyl sites for hydroxylation is 3. The summed E-state index contributed by atoms with van der Waals surface area (Å²) in [5.41, 5.74) is 8.70. The fraction of sp³-hybridized carbons (Fsp3) is 0.302. The van der Waals surface area contributed by atoms with Crippen molar-refractivity contribution in [2.75, 3.05) is 13.1 Å². The molecule has 1 saturated heterocycles.